The summed E-state index contributed by atoms with van der Waals surface area (Å²) < 4.78 is 13.7. The highest BCUT2D eigenvalue weighted by Crippen LogP contribution is 2.17. The van der Waals surface area contributed by atoms with E-state index >= 15 is 0 Å². The molecular weight excluding hydrogens is 283 g/mol. The van der Waals surface area contributed by atoms with Crippen LogP contribution in [-0.2, 0) is 0 Å². The van der Waals surface area contributed by atoms with Gasteiger partial charge in [0, 0.05) is 17.4 Å². The number of benzene rings is 1. The summed E-state index contributed by atoms with van der Waals surface area (Å²) in [5, 5.41) is 2.14. The average Bonchev–Trinajstić information content (AvgIpc) is 2.42. The van der Waals surface area contributed by atoms with Crippen LogP contribution in [0.3, 0.4) is 0 Å². The molecule has 0 radical (unpaired) electrons. The number of hydrogen-bond acceptors (Lipinski definition) is 3. The molecule has 0 atom stereocenters. The predicted molar refractivity (Wildman–Crippen MR) is 73.6 cm³/mol. The fourth-order valence-corrected chi connectivity index (χ4v) is 1.77. The molecule has 0 aliphatic rings. The molecule has 0 bridgehead atoms. The lowest BCUT2D eigenvalue weighted by molar-refractivity contribution is 0.100. The van der Waals surface area contributed by atoms with Crippen molar-refractivity contribution < 1.29 is 14.0 Å². The third-order valence-electron chi connectivity index (χ3n) is 2.62. The van der Waals surface area contributed by atoms with E-state index in [1.54, 1.807) is 18.2 Å². The van der Waals surface area contributed by atoms with Gasteiger partial charge in [0.2, 0.25) is 0 Å². The molecule has 20 heavy (non-hydrogen) atoms. The van der Waals surface area contributed by atoms with Crippen molar-refractivity contribution in [1.29, 1.82) is 0 Å². The zero-order valence-electron chi connectivity index (χ0n) is 10.5. The summed E-state index contributed by atoms with van der Waals surface area (Å²) >= 11 is 5.52. The van der Waals surface area contributed by atoms with Crippen LogP contribution in [0.25, 0.3) is 0 Å². The molecular formula is C14H10ClFN2O2. The van der Waals surface area contributed by atoms with Crippen molar-refractivity contribution in [2.45, 2.75) is 6.92 Å². The second kappa shape index (κ2) is 5.79. The predicted octanol–water partition coefficient (Wildman–Crippen LogP) is 3.33. The molecule has 0 unspecified atom stereocenters. The molecule has 0 spiro atoms. The number of hydrogen-bond donors (Lipinski definition) is 1. The lowest BCUT2D eigenvalue weighted by atomic mass is 10.1. The molecule has 4 nitrogen and oxygen atoms in total. The summed E-state index contributed by atoms with van der Waals surface area (Å²) in [4.78, 5) is 26.7. The van der Waals surface area contributed by atoms with Crippen LogP contribution < -0.4 is 5.32 Å². The van der Waals surface area contributed by atoms with Crippen LogP contribution >= 0.6 is 11.6 Å². The maximum atomic E-state index is 13.7. The smallest absolute Gasteiger partial charge is 0.258 e. The van der Waals surface area contributed by atoms with Crippen molar-refractivity contribution in [1.82, 2.24) is 4.98 Å². The minimum atomic E-state index is -0.880. The quantitative estimate of drug-likeness (QED) is 0.697. The Kier molecular flexibility index (Phi) is 4.10. The van der Waals surface area contributed by atoms with Crippen LogP contribution in [0.4, 0.5) is 10.1 Å². The Morgan fingerprint density at radius 2 is 2.05 bits per heavy atom. The van der Waals surface area contributed by atoms with Gasteiger partial charge in [-0.3, -0.25) is 9.59 Å². The summed E-state index contributed by atoms with van der Waals surface area (Å²) in [6.45, 7) is 1.42. The molecule has 1 aromatic carbocycles. The van der Waals surface area contributed by atoms with E-state index in [0.717, 1.165) is 0 Å². The standard InChI is InChI=1S/C14H10ClFN2O2/c1-8(19)9-3-2-4-10(7-9)18-14(20)11-5-6-17-13(15)12(11)16/h2-7H,1H3,(H,18,20). The molecule has 0 saturated carbocycles. The van der Waals surface area contributed by atoms with Crippen molar-refractivity contribution >= 4 is 29.0 Å². The van der Waals surface area contributed by atoms with Crippen molar-refractivity contribution in [2.24, 2.45) is 0 Å². The number of amides is 1. The van der Waals surface area contributed by atoms with Crippen molar-refractivity contribution in [2.75, 3.05) is 5.32 Å². The van der Waals surface area contributed by atoms with Gasteiger partial charge in [-0.05, 0) is 25.1 Å². The number of ketones is 1. The summed E-state index contributed by atoms with van der Waals surface area (Å²) in [7, 11) is 0. The summed E-state index contributed by atoms with van der Waals surface area (Å²) in [5.74, 6) is -1.67. The van der Waals surface area contributed by atoms with Gasteiger partial charge in [-0.15, -0.1) is 0 Å². The Morgan fingerprint density at radius 1 is 1.30 bits per heavy atom. The van der Waals surface area contributed by atoms with Gasteiger partial charge in [0.25, 0.3) is 5.91 Å². The Balaban J connectivity index is 2.26. The van der Waals surface area contributed by atoms with E-state index in [0.29, 0.717) is 11.3 Å². The van der Waals surface area contributed by atoms with E-state index in [2.05, 4.69) is 10.3 Å². The van der Waals surface area contributed by atoms with Gasteiger partial charge >= 0.3 is 0 Å². The lowest BCUT2D eigenvalue weighted by Crippen LogP contribution is -2.14. The highest BCUT2D eigenvalue weighted by atomic mass is 35.5. The van der Waals surface area contributed by atoms with Crippen molar-refractivity contribution in [3.8, 4) is 0 Å². The third kappa shape index (κ3) is 3.00. The molecule has 0 aliphatic heterocycles. The number of nitrogens with zero attached hydrogens (tertiary/aromatic N) is 1. The Bertz CT molecular complexity index is 689. The molecule has 1 amide bonds. The van der Waals surface area contributed by atoms with Gasteiger partial charge in [-0.25, -0.2) is 9.37 Å². The fourth-order valence-electron chi connectivity index (χ4n) is 1.61. The van der Waals surface area contributed by atoms with E-state index in [9.17, 15) is 14.0 Å². The first kappa shape index (κ1) is 14.1. The number of carbonyl (C=O) groups is 2. The summed E-state index contributed by atoms with van der Waals surface area (Å²) in [6.07, 6.45) is 1.24. The van der Waals surface area contributed by atoms with Crippen LogP contribution in [0.15, 0.2) is 36.5 Å². The monoisotopic (exact) mass is 292 g/mol. The zero-order valence-corrected chi connectivity index (χ0v) is 11.2. The highest BCUT2D eigenvalue weighted by Gasteiger charge is 2.15. The summed E-state index contributed by atoms with van der Waals surface area (Å²) in [6, 6.07) is 7.60. The number of nitrogens with one attached hydrogen (secondary N) is 1. The van der Waals surface area contributed by atoms with E-state index in [-0.39, 0.29) is 16.5 Å². The van der Waals surface area contributed by atoms with Gasteiger partial charge in [0.05, 0.1) is 5.56 Å². The van der Waals surface area contributed by atoms with Crippen LogP contribution in [0.1, 0.15) is 27.6 Å². The molecule has 1 N–H and O–H groups in total. The molecule has 2 rings (SSSR count). The Labute approximate surface area is 119 Å². The van der Waals surface area contributed by atoms with E-state index < -0.39 is 11.7 Å². The third-order valence-corrected chi connectivity index (χ3v) is 2.88. The molecule has 2 aromatic rings. The Morgan fingerprint density at radius 3 is 2.75 bits per heavy atom. The molecule has 0 aliphatic carbocycles. The first-order valence-electron chi connectivity index (χ1n) is 5.71. The lowest BCUT2D eigenvalue weighted by Gasteiger charge is -2.07. The summed E-state index contributed by atoms with van der Waals surface area (Å²) in [5.41, 5.74) is 0.643. The normalized spacial score (nSPS) is 10.2. The highest BCUT2D eigenvalue weighted by molar-refractivity contribution is 6.30. The molecule has 102 valence electrons. The number of anilines is 1. The molecule has 0 saturated heterocycles. The zero-order chi connectivity index (χ0) is 14.7. The Hall–Kier alpha value is -2.27. The molecule has 0 fully saturated rings. The number of carbonyl (C=O) groups excluding carboxylic acids is 2. The van der Waals surface area contributed by atoms with E-state index in [4.69, 9.17) is 11.6 Å². The number of aromatic nitrogens is 1. The SMILES string of the molecule is CC(=O)c1cccc(NC(=O)c2ccnc(Cl)c2F)c1. The largest absolute Gasteiger partial charge is 0.322 e. The van der Waals surface area contributed by atoms with E-state index in [1.807, 2.05) is 0 Å². The maximum absolute atomic E-state index is 13.7. The second-order valence-electron chi connectivity index (χ2n) is 4.05. The van der Waals surface area contributed by atoms with Gasteiger partial charge in [0.15, 0.2) is 16.8 Å². The first-order valence-corrected chi connectivity index (χ1v) is 6.09. The fraction of sp³-hybridized carbons (Fsp3) is 0.0714. The van der Waals surface area contributed by atoms with Gasteiger partial charge in [0.1, 0.15) is 0 Å². The number of halogens is 2. The average molecular weight is 293 g/mol. The molecule has 1 aromatic heterocycles. The van der Waals surface area contributed by atoms with Crippen molar-refractivity contribution in [3.05, 3.63) is 58.6 Å². The van der Waals surface area contributed by atoms with Gasteiger partial charge in [-0.1, -0.05) is 23.7 Å². The van der Waals surface area contributed by atoms with E-state index in [1.165, 1.54) is 25.3 Å². The second-order valence-corrected chi connectivity index (χ2v) is 4.41. The van der Waals surface area contributed by atoms with Gasteiger partial charge < -0.3 is 5.32 Å². The number of pyridine rings is 1. The van der Waals surface area contributed by atoms with Crippen LogP contribution in [0, 0.1) is 5.82 Å². The number of Topliss-reactive ketones (excluding diaryl/α,β-unsaturated/α-hetero) is 1. The maximum Gasteiger partial charge on any atom is 0.258 e. The molecule has 6 heteroatoms. The first-order chi connectivity index (χ1) is 9.49. The topological polar surface area (TPSA) is 59.1 Å². The van der Waals surface area contributed by atoms with Crippen LogP contribution in [0.5, 0.6) is 0 Å². The number of rotatable bonds is 3. The van der Waals surface area contributed by atoms with Crippen LogP contribution in [0.2, 0.25) is 5.15 Å². The van der Waals surface area contributed by atoms with Gasteiger partial charge in [-0.2, -0.15) is 0 Å². The minimum Gasteiger partial charge on any atom is -0.322 e. The van der Waals surface area contributed by atoms with Crippen molar-refractivity contribution in [3.63, 3.8) is 0 Å². The molecule has 1 heterocycles. The minimum absolute atomic E-state index is 0.126. The van der Waals surface area contributed by atoms with Crippen LogP contribution in [-0.4, -0.2) is 16.7 Å².